The number of aromatic nitrogens is 1. The van der Waals surface area contributed by atoms with Crippen molar-refractivity contribution < 1.29 is 14.3 Å². The van der Waals surface area contributed by atoms with Gasteiger partial charge in [-0.3, -0.25) is 4.79 Å². The number of esters is 1. The molecular weight excluding hydrogens is 346 g/mol. The molecule has 0 N–H and O–H groups in total. The van der Waals surface area contributed by atoms with E-state index in [1.165, 1.54) is 17.4 Å². The van der Waals surface area contributed by atoms with E-state index in [0.717, 1.165) is 27.9 Å². The average Bonchev–Trinajstić information content (AvgIpc) is 2.93. The van der Waals surface area contributed by atoms with E-state index < -0.39 is 0 Å². The molecule has 2 aromatic carbocycles. The van der Waals surface area contributed by atoms with Gasteiger partial charge in [0.15, 0.2) is 0 Å². The number of methoxy groups -OCH3 is 1. The number of thioether (sulfide) groups is 1. The zero-order valence-corrected chi connectivity index (χ0v) is 16.4. The molecule has 1 aromatic heterocycles. The van der Waals surface area contributed by atoms with Gasteiger partial charge in [-0.25, -0.2) is 0 Å². The van der Waals surface area contributed by atoms with Crippen molar-refractivity contribution in [2.75, 3.05) is 20.0 Å². The first kappa shape index (κ1) is 18.4. The Hall–Kier alpha value is -2.40. The van der Waals surface area contributed by atoms with Crippen LogP contribution in [0.25, 0.3) is 22.2 Å². The molecule has 0 unspecified atom stereocenters. The van der Waals surface area contributed by atoms with Crippen molar-refractivity contribution in [3.8, 4) is 17.0 Å². The van der Waals surface area contributed by atoms with Gasteiger partial charge < -0.3 is 14.0 Å². The summed E-state index contributed by atoms with van der Waals surface area (Å²) >= 11 is 1.73. The van der Waals surface area contributed by atoms with E-state index in [4.69, 9.17) is 9.47 Å². The number of rotatable bonds is 6. The molecule has 0 spiro atoms. The summed E-state index contributed by atoms with van der Waals surface area (Å²) in [6.07, 6.45) is 2.07. The second-order valence-electron chi connectivity index (χ2n) is 6.08. The van der Waals surface area contributed by atoms with Gasteiger partial charge in [0, 0.05) is 22.7 Å². The Balaban J connectivity index is 2.13. The number of fused-ring (bicyclic) bond motifs is 1. The first-order chi connectivity index (χ1) is 12.5. The minimum atomic E-state index is -0.259. The van der Waals surface area contributed by atoms with Crippen molar-refractivity contribution in [3.05, 3.63) is 48.0 Å². The van der Waals surface area contributed by atoms with Crippen LogP contribution in [0.2, 0.25) is 0 Å². The highest BCUT2D eigenvalue weighted by Gasteiger charge is 2.16. The Bertz CT molecular complexity index is 929. The van der Waals surface area contributed by atoms with E-state index in [1.54, 1.807) is 18.9 Å². The van der Waals surface area contributed by atoms with Crippen LogP contribution in [-0.4, -0.2) is 30.5 Å². The van der Waals surface area contributed by atoms with E-state index in [-0.39, 0.29) is 5.97 Å². The van der Waals surface area contributed by atoms with Crippen molar-refractivity contribution in [2.45, 2.75) is 25.3 Å². The highest BCUT2D eigenvalue weighted by atomic mass is 32.2. The minimum Gasteiger partial charge on any atom is -0.497 e. The predicted octanol–water partition coefficient (Wildman–Crippen LogP) is 4.91. The average molecular weight is 369 g/mol. The summed E-state index contributed by atoms with van der Waals surface area (Å²) in [5, 5.41) is 1.15. The smallest absolute Gasteiger partial charge is 0.302 e. The van der Waals surface area contributed by atoms with Crippen molar-refractivity contribution in [1.29, 1.82) is 0 Å². The van der Waals surface area contributed by atoms with Crippen LogP contribution in [-0.2, 0) is 16.1 Å². The predicted molar refractivity (Wildman–Crippen MR) is 107 cm³/mol. The van der Waals surface area contributed by atoms with Crippen LogP contribution in [0, 0.1) is 6.92 Å². The van der Waals surface area contributed by atoms with Crippen LogP contribution in [0.15, 0.2) is 47.4 Å². The third-order valence-corrected chi connectivity index (χ3v) is 5.25. The lowest BCUT2D eigenvalue weighted by Gasteiger charge is -2.12. The van der Waals surface area contributed by atoms with Gasteiger partial charge in [-0.05, 0) is 54.6 Å². The summed E-state index contributed by atoms with van der Waals surface area (Å²) in [5.41, 5.74) is 4.60. The molecule has 0 atom stereocenters. The van der Waals surface area contributed by atoms with Crippen LogP contribution >= 0.6 is 11.8 Å². The Morgan fingerprint density at radius 3 is 2.50 bits per heavy atom. The molecule has 26 heavy (non-hydrogen) atoms. The van der Waals surface area contributed by atoms with E-state index in [9.17, 15) is 4.79 Å². The lowest BCUT2D eigenvalue weighted by molar-refractivity contribution is -0.141. The number of hydrogen-bond acceptors (Lipinski definition) is 4. The van der Waals surface area contributed by atoms with E-state index in [0.29, 0.717) is 13.2 Å². The fourth-order valence-corrected chi connectivity index (χ4v) is 3.67. The number of benzene rings is 2. The zero-order valence-electron chi connectivity index (χ0n) is 15.5. The molecule has 4 nitrogen and oxygen atoms in total. The summed E-state index contributed by atoms with van der Waals surface area (Å²) in [6, 6.07) is 14.6. The lowest BCUT2D eigenvalue weighted by Crippen LogP contribution is -2.10. The number of nitrogens with zero attached hydrogens (tertiary/aromatic N) is 1. The van der Waals surface area contributed by atoms with E-state index >= 15 is 0 Å². The molecule has 0 radical (unpaired) electrons. The minimum absolute atomic E-state index is 0.259. The van der Waals surface area contributed by atoms with Crippen molar-refractivity contribution in [1.82, 2.24) is 4.57 Å². The second-order valence-corrected chi connectivity index (χ2v) is 6.96. The zero-order chi connectivity index (χ0) is 18.7. The molecule has 0 saturated heterocycles. The molecule has 0 aliphatic rings. The molecule has 136 valence electrons. The van der Waals surface area contributed by atoms with Crippen molar-refractivity contribution in [3.63, 3.8) is 0 Å². The van der Waals surface area contributed by atoms with Gasteiger partial charge >= 0.3 is 5.97 Å². The monoisotopic (exact) mass is 369 g/mol. The third kappa shape index (κ3) is 3.58. The van der Waals surface area contributed by atoms with Gasteiger partial charge in [-0.2, -0.15) is 0 Å². The highest BCUT2D eigenvalue weighted by Crippen LogP contribution is 2.35. The molecule has 0 saturated carbocycles. The summed E-state index contributed by atoms with van der Waals surface area (Å²) in [7, 11) is 1.68. The van der Waals surface area contributed by atoms with Gasteiger partial charge in [0.1, 0.15) is 12.4 Å². The van der Waals surface area contributed by atoms with Crippen LogP contribution in [0.5, 0.6) is 5.75 Å². The number of ether oxygens (including phenoxy) is 2. The fraction of sp³-hybridized carbons (Fsp3) is 0.286. The maximum atomic E-state index is 11.2. The van der Waals surface area contributed by atoms with Gasteiger partial charge in [0.2, 0.25) is 0 Å². The third-order valence-electron chi connectivity index (χ3n) is 4.51. The van der Waals surface area contributed by atoms with Gasteiger partial charge in [-0.1, -0.05) is 12.1 Å². The molecular formula is C21H23NO3S. The standard InChI is InChI=1S/C21H23NO3S/c1-14-19-13-17(24-3)7-10-20(19)22(11-12-25-15(2)23)21(14)16-5-8-18(26-4)9-6-16/h5-10,13H,11-12H2,1-4H3. The molecule has 5 heteroatoms. The summed E-state index contributed by atoms with van der Waals surface area (Å²) in [6.45, 7) is 4.52. The van der Waals surface area contributed by atoms with Crippen molar-refractivity contribution >= 4 is 28.6 Å². The number of aryl methyl sites for hydroxylation is 1. The molecule has 0 aliphatic carbocycles. The van der Waals surface area contributed by atoms with E-state index in [1.807, 2.05) is 6.07 Å². The summed E-state index contributed by atoms with van der Waals surface area (Å²) < 4.78 is 12.8. The first-order valence-corrected chi connectivity index (χ1v) is 9.72. The van der Waals surface area contributed by atoms with Crippen LogP contribution in [0.4, 0.5) is 0 Å². The van der Waals surface area contributed by atoms with Crippen LogP contribution in [0.3, 0.4) is 0 Å². The first-order valence-electron chi connectivity index (χ1n) is 8.49. The van der Waals surface area contributed by atoms with Gasteiger partial charge in [0.05, 0.1) is 19.3 Å². The molecule has 0 aliphatic heterocycles. The Labute approximate surface area is 158 Å². The van der Waals surface area contributed by atoms with E-state index in [2.05, 4.69) is 54.1 Å². The molecule has 3 aromatic rings. The number of carbonyl (C=O) groups is 1. The molecule has 0 fully saturated rings. The maximum Gasteiger partial charge on any atom is 0.302 e. The maximum absolute atomic E-state index is 11.2. The van der Waals surface area contributed by atoms with Crippen molar-refractivity contribution in [2.24, 2.45) is 0 Å². The molecule has 1 heterocycles. The fourth-order valence-electron chi connectivity index (χ4n) is 3.26. The van der Waals surface area contributed by atoms with Gasteiger partial charge in [0.25, 0.3) is 0 Å². The largest absolute Gasteiger partial charge is 0.497 e. The Morgan fingerprint density at radius 2 is 1.88 bits per heavy atom. The number of carbonyl (C=O) groups excluding carboxylic acids is 1. The van der Waals surface area contributed by atoms with Crippen LogP contribution < -0.4 is 4.74 Å². The van der Waals surface area contributed by atoms with Gasteiger partial charge in [-0.15, -0.1) is 11.8 Å². The lowest BCUT2D eigenvalue weighted by atomic mass is 10.1. The second kappa shape index (κ2) is 7.87. The molecule has 0 bridgehead atoms. The molecule has 3 rings (SSSR count). The highest BCUT2D eigenvalue weighted by molar-refractivity contribution is 7.98. The SMILES string of the molecule is COc1ccc2c(c1)c(C)c(-c1ccc(SC)cc1)n2CCOC(C)=O. The summed E-state index contributed by atoms with van der Waals surface area (Å²) in [4.78, 5) is 12.4. The Morgan fingerprint density at radius 1 is 1.15 bits per heavy atom. The number of hydrogen-bond donors (Lipinski definition) is 0. The summed E-state index contributed by atoms with van der Waals surface area (Å²) in [5.74, 6) is 0.577. The van der Waals surface area contributed by atoms with Crippen LogP contribution in [0.1, 0.15) is 12.5 Å². The Kier molecular flexibility index (Phi) is 5.57. The topological polar surface area (TPSA) is 40.5 Å². The normalized spacial score (nSPS) is 10.9. The quantitative estimate of drug-likeness (QED) is 0.457. The molecule has 0 amide bonds.